The average molecular weight is 784 g/mol. The summed E-state index contributed by atoms with van der Waals surface area (Å²) in [6.45, 7) is 16.1. The van der Waals surface area contributed by atoms with Crippen LogP contribution < -0.4 is 11.5 Å². The molecule has 0 bridgehead atoms. The van der Waals surface area contributed by atoms with Crippen molar-refractivity contribution in [1.29, 1.82) is 0 Å². The number of aliphatic imine (C=N–C) groups is 1. The third-order valence-corrected chi connectivity index (χ3v) is 15.9. The zero-order chi connectivity index (χ0) is 42.0. The predicted octanol–water partition coefficient (Wildman–Crippen LogP) is 6.40. The minimum atomic E-state index is -1.27. The van der Waals surface area contributed by atoms with Crippen LogP contribution in [0.25, 0.3) is 6.08 Å². The summed E-state index contributed by atoms with van der Waals surface area (Å²) < 4.78 is 0. The molecule has 57 heavy (non-hydrogen) atoms. The number of ketones is 2. The maximum atomic E-state index is 15.2. The highest BCUT2D eigenvalue weighted by Crippen LogP contribution is 2.77. The molecule has 2 fully saturated rings. The molecule has 2 saturated carbocycles. The normalized spacial score (nSPS) is 39.3. The van der Waals surface area contributed by atoms with Gasteiger partial charge in [-0.2, -0.15) is 0 Å². The standard InChI is InChI=1S/C47H65N3O7/c1-26(2)13-12-16-29(41(56)57)23-32(51)36-27(3)47(22-19-31(36)50-42(48)49)25-35(54)46(8)38-37(33(52)24-45(46,47)7)44(6)21-20-34(53)43(4,5)40(44)30(39(38)55)18-17-28-14-10-9-11-15-28/h9-11,14-15,17-19,22-23,26-27,30-32,35-36,39-40,51,54-55H,12-13,16,20-21,24-25H2,1-8H3,(H,56,57)(H4,48,49,50). The van der Waals surface area contributed by atoms with E-state index in [1.807, 2.05) is 89.3 Å². The molecule has 5 aliphatic carbocycles. The third-order valence-electron chi connectivity index (χ3n) is 15.9. The maximum absolute atomic E-state index is 15.2. The van der Waals surface area contributed by atoms with Gasteiger partial charge in [0.15, 0.2) is 11.7 Å². The first kappa shape index (κ1) is 42.7. The zero-order valence-corrected chi connectivity index (χ0v) is 35.0. The number of fused-ring (bicyclic) bond motifs is 5. The number of nitrogens with two attached hydrogens (primary N) is 2. The lowest BCUT2D eigenvalue weighted by atomic mass is 9.38. The van der Waals surface area contributed by atoms with E-state index >= 15 is 4.79 Å². The van der Waals surface area contributed by atoms with E-state index in [9.17, 15) is 30.0 Å². The summed E-state index contributed by atoms with van der Waals surface area (Å²) >= 11 is 0. The second-order valence-electron chi connectivity index (χ2n) is 19.6. The number of hydrogen-bond acceptors (Lipinski definition) is 7. The second-order valence-corrected chi connectivity index (χ2v) is 19.6. The fraction of sp³-hybridized carbons (Fsp3) is 0.617. The zero-order valence-electron chi connectivity index (χ0n) is 35.0. The Hall–Kier alpha value is -3.86. The Labute approximate surface area is 338 Å². The smallest absolute Gasteiger partial charge is 0.331 e. The van der Waals surface area contributed by atoms with Crippen molar-refractivity contribution in [2.75, 3.05) is 0 Å². The first-order valence-corrected chi connectivity index (χ1v) is 20.9. The Kier molecular flexibility index (Phi) is 11.3. The number of allylic oxidation sites excluding steroid dienone is 2. The molecule has 1 aromatic rings. The Morgan fingerprint density at radius 1 is 1.05 bits per heavy atom. The quantitative estimate of drug-likeness (QED) is 0.0674. The van der Waals surface area contributed by atoms with Gasteiger partial charge in [0.2, 0.25) is 0 Å². The van der Waals surface area contributed by atoms with Crippen LogP contribution in [0.5, 0.6) is 0 Å². The van der Waals surface area contributed by atoms with E-state index < -0.39 is 75.2 Å². The molecular weight excluding hydrogens is 719 g/mol. The van der Waals surface area contributed by atoms with Crippen LogP contribution in [0, 0.1) is 56.7 Å². The van der Waals surface area contributed by atoms with Crippen molar-refractivity contribution in [2.45, 2.75) is 125 Å². The third kappa shape index (κ3) is 6.58. The number of carboxylic acid groups (broad SMARTS) is 1. The molecule has 0 radical (unpaired) electrons. The number of Topliss-reactive ketones (excluding diaryl/α,β-unsaturated/α-hetero) is 2. The summed E-state index contributed by atoms with van der Waals surface area (Å²) in [4.78, 5) is 45.8. The summed E-state index contributed by atoms with van der Waals surface area (Å²) in [5, 5.41) is 47.8. The van der Waals surface area contributed by atoms with Gasteiger partial charge in [-0.15, -0.1) is 0 Å². The molecule has 0 aromatic heterocycles. The molecule has 8 N–H and O–H groups in total. The molecule has 1 aromatic carbocycles. The summed E-state index contributed by atoms with van der Waals surface area (Å²) in [6.07, 6.45) is 8.68. The van der Waals surface area contributed by atoms with Gasteiger partial charge in [0.25, 0.3) is 0 Å². The molecule has 12 atom stereocenters. The van der Waals surface area contributed by atoms with E-state index in [1.54, 1.807) is 0 Å². The molecule has 5 aliphatic rings. The number of aliphatic hydroxyl groups excluding tert-OH is 3. The molecule has 1 spiro atoms. The van der Waals surface area contributed by atoms with E-state index in [2.05, 4.69) is 25.8 Å². The molecular formula is C47H65N3O7. The summed E-state index contributed by atoms with van der Waals surface area (Å²) in [7, 11) is 0. The van der Waals surface area contributed by atoms with Gasteiger partial charge in [0.1, 0.15) is 5.78 Å². The fourth-order valence-corrected chi connectivity index (χ4v) is 12.9. The van der Waals surface area contributed by atoms with Crippen LogP contribution in [-0.2, 0) is 14.4 Å². The molecule has 12 unspecified atom stereocenters. The number of aliphatic carboxylic acids is 1. The van der Waals surface area contributed by atoms with Crippen LogP contribution in [0.4, 0.5) is 0 Å². The van der Waals surface area contributed by atoms with Crippen molar-refractivity contribution in [3.63, 3.8) is 0 Å². The van der Waals surface area contributed by atoms with Crippen LogP contribution >= 0.6 is 0 Å². The van der Waals surface area contributed by atoms with Gasteiger partial charge in [0.05, 0.1) is 24.4 Å². The van der Waals surface area contributed by atoms with Gasteiger partial charge in [-0.05, 0) is 66.1 Å². The molecule has 10 heteroatoms. The van der Waals surface area contributed by atoms with Crippen molar-refractivity contribution in [2.24, 2.45) is 73.1 Å². The largest absolute Gasteiger partial charge is 0.478 e. The van der Waals surface area contributed by atoms with E-state index in [4.69, 9.17) is 11.5 Å². The van der Waals surface area contributed by atoms with Gasteiger partial charge in [-0.3, -0.25) is 9.59 Å². The molecule has 0 amide bonds. The van der Waals surface area contributed by atoms with Gasteiger partial charge in [0, 0.05) is 57.5 Å². The number of hydrogen-bond donors (Lipinski definition) is 6. The number of carboxylic acids is 1. The van der Waals surface area contributed by atoms with E-state index in [-0.39, 0.29) is 41.9 Å². The van der Waals surface area contributed by atoms with Gasteiger partial charge < -0.3 is 31.9 Å². The number of carbonyl (C=O) groups excluding carboxylic acids is 2. The summed E-state index contributed by atoms with van der Waals surface area (Å²) in [5.41, 5.74) is 9.45. The second kappa shape index (κ2) is 15.1. The van der Waals surface area contributed by atoms with Crippen LogP contribution in [-0.4, -0.2) is 68.3 Å². The predicted molar refractivity (Wildman–Crippen MR) is 222 cm³/mol. The average Bonchev–Trinajstić information content (AvgIpc) is 3.29. The van der Waals surface area contributed by atoms with Crippen molar-refractivity contribution in [3.8, 4) is 0 Å². The van der Waals surface area contributed by atoms with Crippen molar-refractivity contribution < 1.29 is 34.8 Å². The molecule has 10 nitrogen and oxygen atoms in total. The minimum absolute atomic E-state index is 0.0726. The van der Waals surface area contributed by atoms with E-state index in [0.717, 1.165) is 12.0 Å². The number of benzene rings is 1. The van der Waals surface area contributed by atoms with Crippen LogP contribution in [0.2, 0.25) is 0 Å². The number of nitrogens with zero attached hydrogens (tertiary/aromatic N) is 1. The Bertz CT molecular complexity index is 1930. The molecule has 0 heterocycles. The Morgan fingerprint density at radius 3 is 2.33 bits per heavy atom. The molecule has 310 valence electrons. The summed E-state index contributed by atoms with van der Waals surface area (Å²) in [5.74, 6) is -2.96. The first-order valence-electron chi connectivity index (χ1n) is 20.9. The van der Waals surface area contributed by atoms with E-state index in [0.29, 0.717) is 42.7 Å². The number of guanidine groups is 1. The lowest BCUT2D eigenvalue weighted by Gasteiger charge is -2.65. The van der Waals surface area contributed by atoms with Gasteiger partial charge in [-0.1, -0.05) is 116 Å². The van der Waals surface area contributed by atoms with Crippen LogP contribution in [0.3, 0.4) is 0 Å². The summed E-state index contributed by atoms with van der Waals surface area (Å²) in [6, 6.07) is 9.10. The Morgan fingerprint density at radius 2 is 1.72 bits per heavy atom. The van der Waals surface area contributed by atoms with Gasteiger partial charge in [-0.25, -0.2) is 9.79 Å². The molecule has 0 aliphatic heterocycles. The lowest BCUT2D eigenvalue weighted by Crippen LogP contribution is -2.64. The van der Waals surface area contributed by atoms with Crippen molar-refractivity contribution in [1.82, 2.24) is 0 Å². The van der Waals surface area contributed by atoms with Crippen LogP contribution in [0.1, 0.15) is 106 Å². The number of carbonyl (C=O) groups is 3. The van der Waals surface area contributed by atoms with Gasteiger partial charge >= 0.3 is 5.97 Å². The first-order chi connectivity index (χ1) is 26.6. The lowest BCUT2D eigenvalue weighted by molar-refractivity contribution is -0.152. The van der Waals surface area contributed by atoms with E-state index in [1.165, 1.54) is 6.08 Å². The highest BCUT2D eigenvalue weighted by atomic mass is 16.4. The highest BCUT2D eigenvalue weighted by molar-refractivity contribution is 6.01. The van der Waals surface area contributed by atoms with Crippen LogP contribution in [0.15, 0.2) is 76.3 Å². The molecule has 0 saturated heterocycles. The van der Waals surface area contributed by atoms with Crippen molar-refractivity contribution >= 4 is 29.6 Å². The minimum Gasteiger partial charge on any atom is -0.478 e. The monoisotopic (exact) mass is 783 g/mol. The van der Waals surface area contributed by atoms with Crippen molar-refractivity contribution in [3.05, 3.63) is 76.9 Å². The number of aliphatic hydroxyl groups is 3. The maximum Gasteiger partial charge on any atom is 0.331 e. The topological polar surface area (TPSA) is 197 Å². The molecule has 6 rings (SSSR count). The SMILES string of the molecule is CC(C)CCCC(=CC(O)C1C(N=C(N)N)C=CC2(CC(O)C3(C)C4=C(C(=O)CC23C)C2(C)CCC(=O)C(C)(C)C2C(C=Cc2ccccc2)C4O)C1C)C(=O)O. The number of rotatable bonds is 10. The fourth-order valence-electron chi connectivity index (χ4n) is 12.9. The Balaban J connectivity index is 1.51. The highest BCUT2D eigenvalue weighted by Gasteiger charge is 2.76.